The fourth-order valence-corrected chi connectivity index (χ4v) is 2.92. The molecule has 0 amide bonds. The fourth-order valence-electron chi connectivity index (χ4n) is 2.43. The molecule has 0 saturated heterocycles. The summed E-state index contributed by atoms with van der Waals surface area (Å²) in [6.45, 7) is 4.53. The number of nitrogen functional groups attached to an aromatic ring is 1. The van der Waals surface area contributed by atoms with Gasteiger partial charge in [-0.2, -0.15) is 0 Å². The van der Waals surface area contributed by atoms with Gasteiger partial charge in [-0.3, -0.25) is 0 Å². The molecule has 1 aromatic rings. The first-order valence-electron chi connectivity index (χ1n) is 6.38. The van der Waals surface area contributed by atoms with Crippen molar-refractivity contribution < 1.29 is 9.13 Å². The van der Waals surface area contributed by atoms with Crippen molar-refractivity contribution >= 4 is 28.3 Å². The van der Waals surface area contributed by atoms with Crippen molar-refractivity contribution in [2.45, 2.75) is 39.2 Å². The molecule has 2 nitrogen and oxygen atoms in total. The maximum Gasteiger partial charge on any atom is 0.145 e. The molecule has 1 saturated carbocycles. The highest BCUT2D eigenvalue weighted by Gasteiger charge is 2.26. The maximum atomic E-state index is 13.5. The molecular weight excluding hydrogens is 344 g/mol. The summed E-state index contributed by atoms with van der Waals surface area (Å²) in [7, 11) is 0. The molecule has 3 unspecified atom stereocenters. The third-order valence-electron chi connectivity index (χ3n) is 3.90. The minimum atomic E-state index is -0.267. The molecule has 1 fully saturated rings. The monoisotopic (exact) mass is 363 g/mol. The van der Waals surface area contributed by atoms with Gasteiger partial charge in [0.05, 0.1) is 15.4 Å². The van der Waals surface area contributed by atoms with Crippen molar-refractivity contribution in [3.63, 3.8) is 0 Å². The van der Waals surface area contributed by atoms with Crippen molar-refractivity contribution in [1.29, 1.82) is 0 Å². The number of benzene rings is 1. The smallest absolute Gasteiger partial charge is 0.145 e. The molecule has 1 aromatic carbocycles. The standard InChI is InChI=1S/C14H19FINO/c1-8-3-4-10(5-9(8)2)18-14-6-11(15)12(16)7-13(14)17/h6-10H,3-5,17H2,1-2H3. The van der Waals surface area contributed by atoms with Gasteiger partial charge in [0.15, 0.2) is 0 Å². The lowest BCUT2D eigenvalue weighted by Crippen LogP contribution is -2.29. The van der Waals surface area contributed by atoms with Crippen LogP contribution in [0.15, 0.2) is 12.1 Å². The van der Waals surface area contributed by atoms with Gasteiger partial charge in [0.25, 0.3) is 0 Å². The molecule has 1 aliphatic carbocycles. The molecular formula is C14H19FINO. The Morgan fingerprint density at radius 2 is 2.00 bits per heavy atom. The van der Waals surface area contributed by atoms with Gasteiger partial charge in [-0.1, -0.05) is 13.8 Å². The van der Waals surface area contributed by atoms with Crippen LogP contribution in [0.25, 0.3) is 0 Å². The predicted octanol–water partition coefficient (Wildman–Crippen LogP) is 4.22. The van der Waals surface area contributed by atoms with Crippen molar-refractivity contribution in [3.8, 4) is 5.75 Å². The summed E-state index contributed by atoms with van der Waals surface area (Å²) in [6.07, 6.45) is 3.38. The summed E-state index contributed by atoms with van der Waals surface area (Å²) < 4.78 is 19.9. The summed E-state index contributed by atoms with van der Waals surface area (Å²) in [6, 6.07) is 3.03. The van der Waals surface area contributed by atoms with Crippen molar-refractivity contribution in [2.75, 3.05) is 5.73 Å². The van der Waals surface area contributed by atoms with Crippen LogP contribution in [0.1, 0.15) is 33.1 Å². The van der Waals surface area contributed by atoms with Crippen LogP contribution >= 0.6 is 22.6 Å². The largest absolute Gasteiger partial charge is 0.488 e. The van der Waals surface area contributed by atoms with Crippen LogP contribution < -0.4 is 10.5 Å². The Hall–Kier alpha value is -0.520. The lowest BCUT2D eigenvalue weighted by atomic mass is 9.80. The lowest BCUT2D eigenvalue weighted by molar-refractivity contribution is 0.101. The van der Waals surface area contributed by atoms with Gasteiger partial charge in [-0.25, -0.2) is 4.39 Å². The van der Waals surface area contributed by atoms with E-state index in [4.69, 9.17) is 10.5 Å². The molecule has 0 radical (unpaired) electrons. The van der Waals surface area contributed by atoms with Crippen LogP contribution in [-0.2, 0) is 0 Å². The maximum absolute atomic E-state index is 13.5. The number of hydrogen-bond donors (Lipinski definition) is 1. The SMILES string of the molecule is CC1CCC(Oc2cc(F)c(I)cc2N)CC1C. The van der Waals surface area contributed by atoms with E-state index in [2.05, 4.69) is 13.8 Å². The average Bonchev–Trinajstić information content (AvgIpc) is 2.31. The zero-order valence-electron chi connectivity index (χ0n) is 10.7. The second-order valence-electron chi connectivity index (χ2n) is 5.31. The Kier molecular flexibility index (Phi) is 4.35. The number of nitrogens with two attached hydrogens (primary N) is 1. The minimum absolute atomic E-state index is 0.165. The van der Waals surface area contributed by atoms with Crippen molar-refractivity contribution in [3.05, 3.63) is 21.5 Å². The molecule has 1 aliphatic rings. The lowest BCUT2D eigenvalue weighted by Gasteiger charge is -2.32. The van der Waals surface area contributed by atoms with Crippen LogP contribution in [0, 0.1) is 21.2 Å². The Morgan fingerprint density at radius 1 is 1.28 bits per heavy atom. The first kappa shape index (κ1) is 13.9. The summed E-state index contributed by atoms with van der Waals surface area (Å²) in [5.41, 5.74) is 6.39. The van der Waals surface area contributed by atoms with E-state index in [9.17, 15) is 4.39 Å². The van der Waals surface area contributed by atoms with Gasteiger partial charge >= 0.3 is 0 Å². The van der Waals surface area contributed by atoms with Crippen LogP contribution in [0.3, 0.4) is 0 Å². The van der Waals surface area contributed by atoms with Gasteiger partial charge in [0, 0.05) is 6.07 Å². The first-order valence-corrected chi connectivity index (χ1v) is 7.46. The highest BCUT2D eigenvalue weighted by atomic mass is 127. The summed E-state index contributed by atoms with van der Waals surface area (Å²) >= 11 is 1.93. The van der Waals surface area contributed by atoms with Gasteiger partial charge in [-0.15, -0.1) is 0 Å². The molecule has 2 rings (SSSR count). The number of ether oxygens (including phenoxy) is 1. The van der Waals surface area contributed by atoms with E-state index in [0.29, 0.717) is 20.9 Å². The summed E-state index contributed by atoms with van der Waals surface area (Å²) in [4.78, 5) is 0. The average molecular weight is 363 g/mol. The van der Waals surface area contributed by atoms with E-state index in [1.54, 1.807) is 6.07 Å². The number of rotatable bonds is 2. The van der Waals surface area contributed by atoms with Gasteiger partial charge in [0.2, 0.25) is 0 Å². The normalized spacial score (nSPS) is 28.1. The fraction of sp³-hybridized carbons (Fsp3) is 0.571. The molecule has 3 atom stereocenters. The first-order chi connectivity index (χ1) is 8.47. The zero-order valence-corrected chi connectivity index (χ0v) is 12.9. The van der Waals surface area contributed by atoms with Gasteiger partial charge in [0.1, 0.15) is 11.6 Å². The Bertz CT molecular complexity index is 438. The predicted molar refractivity (Wildman–Crippen MR) is 80.1 cm³/mol. The molecule has 100 valence electrons. The quantitative estimate of drug-likeness (QED) is 0.631. The second kappa shape index (κ2) is 5.63. The van der Waals surface area contributed by atoms with E-state index in [1.807, 2.05) is 22.6 Å². The van der Waals surface area contributed by atoms with E-state index in [-0.39, 0.29) is 11.9 Å². The molecule has 0 heterocycles. The van der Waals surface area contributed by atoms with Crippen molar-refractivity contribution in [1.82, 2.24) is 0 Å². The molecule has 0 spiro atoms. The van der Waals surface area contributed by atoms with Crippen LogP contribution in [0.4, 0.5) is 10.1 Å². The van der Waals surface area contributed by atoms with Crippen molar-refractivity contribution in [2.24, 2.45) is 11.8 Å². The number of hydrogen-bond acceptors (Lipinski definition) is 2. The minimum Gasteiger partial charge on any atom is -0.488 e. The van der Waals surface area contributed by atoms with Crippen LogP contribution in [0.2, 0.25) is 0 Å². The molecule has 4 heteroatoms. The van der Waals surface area contributed by atoms with E-state index >= 15 is 0 Å². The Morgan fingerprint density at radius 3 is 2.67 bits per heavy atom. The van der Waals surface area contributed by atoms with Crippen LogP contribution in [0.5, 0.6) is 5.75 Å². The summed E-state index contributed by atoms with van der Waals surface area (Å²) in [5.74, 6) is 1.62. The number of anilines is 1. The second-order valence-corrected chi connectivity index (χ2v) is 6.47. The third-order valence-corrected chi connectivity index (χ3v) is 4.72. The van der Waals surface area contributed by atoms with E-state index < -0.39 is 0 Å². The number of halogens is 2. The molecule has 18 heavy (non-hydrogen) atoms. The molecule has 0 aromatic heterocycles. The van der Waals surface area contributed by atoms with Gasteiger partial charge in [-0.05, 0) is 59.8 Å². The Balaban J connectivity index is 2.08. The van der Waals surface area contributed by atoms with Gasteiger partial charge < -0.3 is 10.5 Å². The van der Waals surface area contributed by atoms with E-state index in [0.717, 1.165) is 18.8 Å². The van der Waals surface area contributed by atoms with Crippen LogP contribution in [-0.4, -0.2) is 6.10 Å². The molecule has 2 N–H and O–H groups in total. The third kappa shape index (κ3) is 3.08. The highest BCUT2D eigenvalue weighted by molar-refractivity contribution is 14.1. The molecule has 0 bridgehead atoms. The van der Waals surface area contributed by atoms with E-state index in [1.165, 1.54) is 12.5 Å². The Labute approximate surface area is 121 Å². The summed E-state index contributed by atoms with van der Waals surface area (Å²) in [5, 5.41) is 0. The zero-order chi connectivity index (χ0) is 13.3. The topological polar surface area (TPSA) is 35.2 Å². The highest BCUT2D eigenvalue weighted by Crippen LogP contribution is 2.34. The molecule has 0 aliphatic heterocycles.